The molecule has 152 valence electrons. The standard InChI is InChI=1S/C23H28N4O2/c1-3-28-21-15-18(10-9-17(21)2)16-27-13-11-20(12-14-27)24-23-25-22(26-29-23)19-7-5-4-6-8-19/h4-10,15,20H,3,11-14,16H2,1-2H3,(H,24,25,26). The first-order chi connectivity index (χ1) is 14.2. The molecule has 0 saturated carbocycles. The third-order valence-corrected chi connectivity index (χ3v) is 5.33. The number of aromatic nitrogens is 2. The number of piperidine rings is 1. The molecule has 1 aromatic heterocycles. The lowest BCUT2D eigenvalue weighted by molar-refractivity contribution is 0.209. The largest absolute Gasteiger partial charge is 0.494 e. The van der Waals surface area contributed by atoms with E-state index in [1.807, 2.05) is 37.3 Å². The Labute approximate surface area is 171 Å². The first-order valence-electron chi connectivity index (χ1n) is 10.3. The Kier molecular flexibility index (Phi) is 6.10. The van der Waals surface area contributed by atoms with Crippen LogP contribution in [0.2, 0.25) is 0 Å². The first kappa shape index (κ1) is 19.5. The average Bonchev–Trinajstić information content (AvgIpc) is 3.21. The fourth-order valence-electron chi connectivity index (χ4n) is 3.71. The van der Waals surface area contributed by atoms with Gasteiger partial charge in [0.05, 0.1) is 6.61 Å². The summed E-state index contributed by atoms with van der Waals surface area (Å²) >= 11 is 0. The Morgan fingerprint density at radius 1 is 1.14 bits per heavy atom. The number of hydrogen-bond donors (Lipinski definition) is 1. The Balaban J connectivity index is 1.29. The quantitative estimate of drug-likeness (QED) is 0.638. The van der Waals surface area contributed by atoms with E-state index in [2.05, 4.69) is 45.5 Å². The molecule has 0 spiro atoms. The van der Waals surface area contributed by atoms with Gasteiger partial charge in [0.25, 0.3) is 0 Å². The molecule has 0 amide bonds. The number of ether oxygens (including phenoxy) is 1. The lowest BCUT2D eigenvalue weighted by Gasteiger charge is -2.32. The molecule has 1 N–H and O–H groups in total. The highest BCUT2D eigenvalue weighted by Gasteiger charge is 2.21. The van der Waals surface area contributed by atoms with E-state index in [1.54, 1.807) is 0 Å². The van der Waals surface area contributed by atoms with Crippen molar-refractivity contribution >= 4 is 6.01 Å². The molecule has 3 aromatic rings. The van der Waals surface area contributed by atoms with Crippen molar-refractivity contribution < 1.29 is 9.26 Å². The fraction of sp³-hybridized carbons (Fsp3) is 0.391. The number of nitrogens with zero attached hydrogens (tertiary/aromatic N) is 3. The number of nitrogens with one attached hydrogen (secondary N) is 1. The number of anilines is 1. The molecule has 1 saturated heterocycles. The zero-order chi connectivity index (χ0) is 20.1. The van der Waals surface area contributed by atoms with Gasteiger partial charge in [-0.3, -0.25) is 4.90 Å². The molecule has 2 aromatic carbocycles. The lowest BCUT2D eigenvalue weighted by Crippen LogP contribution is -2.38. The topological polar surface area (TPSA) is 63.4 Å². The van der Waals surface area contributed by atoms with Crippen molar-refractivity contribution in [2.75, 3.05) is 25.0 Å². The minimum atomic E-state index is 0.354. The van der Waals surface area contributed by atoms with Crippen LogP contribution < -0.4 is 10.1 Å². The van der Waals surface area contributed by atoms with Crippen molar-refractivity contribution in [3.63, 3.8) is 0 Å². The molecule has 0 radical (unpaired) electrons. The number of hydrogen-bond acceptors (Lipinski definition) is 6. The zero-order valence-electron chi connectivity index (χ0n) is 17.1. The Morgan fingerprint density at radius 2 is 1.93 bits per heavy atom. The summed E-state index contributed by atoms with van der Waals surface area (Å²) in [6.45, 7) is 7.84. The maximum Gasteiger partial charge on any atom is 0.322 e. The summed E-state index contributed by atoms with van der Waals surface area (Å²) < 4.78 is 11.1. The molecule has 6 heteroatoms. The Hall–Kier alpha value is -2.86. The molecule has 29 heavy (non-hydrogen) atoms. The summed E-state index contributed by atoms with van der Waals surface area (Å²) in [5.41, 5.74) is 3.45. The van der Waals surface area contributed by atoms with Crippen molar-refractivity contribution in [2.24, 2.45) is 0 Å². The van der Waals surface area contributed by atoms with Crippen LogP contribution in [0.25, 0.3) is 11.4 Å². The molecular weight excluding hydrogens is 364 g/mol. The number of aryl methyl sites for hydroxylation is 1. The van der Waals surface area contributed by atoms with Gasteiger partial charge in [-0.15, -0.1) is 0 Å². The second-order valence-corrected chi connectivity index (χ2v) is 7.52. The van der Waals surface area contributed by atoms with Gasteiger partial charge in [-0.25, -0.2) is 0 Å². The van der Waals surface area contributed by atoms with Gasteiger partial charge in [0.1, 0.15) is 5.75 Å². The monoisotopic (exact) mass is 392 g/mol. The highest BCUT2D eigenvalue weighted by Crippen LogP contribution is 2.23. The zero-order valence-corrected chi connectivity index (χ0v) is 17.1. The smallest absolute Gasteiger partial charge is 0.322 e. The molecule has 1 aliphatic heterocycles. The van der Waals surface area contributed by atoms with Crippen molar-refractivity contribution in [1.29, 1.82) is 0 Å². The van der Waals surface area contributed by atoms with E-state index in [4.69, 9.17) is 9.26 Å². The summed E-state index contributed by atoms with van der Waals surface area (Å²) in [5.74, 6) is 1.61. The molecule has 0 bridgehead atoms. The van der Waals surface area contributed by atoms with E-state index in [0.29, 0.717) is 24.5 Å². The van der Waals surface area contributed by atoms with Gasteiger partial charge < -0.3 is 14.6 Å². The van der Waals surface area contributed by atoms with E-state index in [0.717, 1.165) is 43.8 Å². The minimum absolute atomic E-state index is 0.354. The van der Waals surface area contributed by atoms with Crippen molar-refractivity contribution in [2.45, 2.75) is 39.3 Å². The lowest BCUT2D eigenvalue weighted by atomic mass is 10.0. The van der Waals surface area contributed by atoms with Gasteiger partial charge >= 0.3 is 6.01 Å². The number of likely N-dealkylation sites (tertiary alicyclic amines) is 1. The first-order valence-corrected chi connectivity index (χ1v) is 10.3. The van der Waals surface area contributed by atoms with E-state index in [-0.39, 0.29) is 0 Å². The van der Waals surface area contributed by atoms with Gasteiger partial charge in [0, 0.05) is 31.2 Å². The van der Waals surface area contributed by atoms with E-state index < -0.39 is 0 Å². The van der Waals surface area contributed by atoms with Crippen LogP contribution in [0.3, 0.4) is 0 Å². The summed E-state index contributed by atoms with van der Waals surface area (Å²) in [6, 6.07) is 17.3. The van der Waals surface area contributed by atoms with Crippen LogP contribution in [0, 0.1) is 6.92 Å². The van der Waals surface area contributed by atoms with Gasteiger partial charge in [-0.1, -0.05) is 47.6 Å². The van der Waals surface area contributed by atoms with Crippen LogP contribution >= 0.6 is 0 Å². The van der Waals surface area contributed by atoms with Crippen LogP contribution in [-0.2, 0) is 6.54 Å². The number of rotatable bonds is 7. The normalized spacial score (nSPS) is 15.4. The SMILES string of the molecule is CCOc1cc(CN2CCC(Nc3nc(-c4ccccc4)no3)CC2)ccc1C. The minimum Gasteiger partial charge on any atom is -0.494 e. The van der Waals surface area contributed by atoms with Crippen LogP contribution in [0.15, 0.2) is 53.1 Å². The summed E-state index contributed by atoms with van der Waals surface area (Å²) in [6.07, 6.45) is 2.10. The highest BCUT2D eigenvalue weighted by atomic mass is 16.5. The van der Waals surface area contributed by atoms with Crippen molar-refractivity contribution in [3.8, 4) is 17.1 Å². The van der Waals surface area contributed by atoms with Gasteiger partial charge in [0.15, 0.2) is 0 Å². The third kappa shape index (κ3) is 4.95. The molecule has 4 rings (SSSR count). The predicted molar refractivity (Wildman–Crippen MR) is 114 cm³/mol. The van der Waals surface area contributed by atoms with Crippen LogP contribution in [0.1, 0.15) is 30.9 Å². The maximum atomic E-state index is 5.73. The molecule has 2 heterocycles. The predicted octanol–water partition coefficient (Wildman–Crippen LogP) is 4.52. The maximum absolute atomic E-state index is 5.73. The van der Waals surface area contributed by atoms with Crippen molar-refractivity contribution in [3.05, 3.63) is 59.7 Å². The van der Waals surface area contributed by atoms with Gasteiger partial charge in [0.2, 0.25) is 5.82 Å². The second-order valence-electron chi connectivity index (χ2n) is 7.52. The molecule has 0 aliphatic carbocycles. The van der Waals surface area contributed by atoms with Crippen molar-refractivity contribution in [1.82, 2.24) is 15.0 Å². The summed E-state index contributed by atoms with van der Waals surface area (Å²) in [4.78, 5) is 6.97. The van der Waals surface area contributed by atoms with Gasteiger partial charge in [-0.2, -0.15) is 4.98 Å². The van der Waals surface area contributed by atoms with Gasteiger partial charge in [-0.05, 0) is 43.9 Å². The third-order valence-electron chi connectivity index (χ3n) is 5.33. The summed E-state index contributed by atoms with van der Waals surface area (Å²) in [7, 11) is 0. The summed E-state index contributed by atoms with van der Waals surface area (Å²) in [5, 5.41) is 7.48. The van der Waals surface area contributed by atoms with Crippen LogP contribution in [-0.4, -0.2) is 40.8 Å². The molecule has 1 fully saturated rings. The molecule has 1 aliphatic rings. The van der Waals surface area contributed by atoms with Crippen LogP contribution in [0.4, 0.5) is 6.01 Å². The number of benzene rings is 2. The second kappa shape index (κ2) is 9.09. The van der Waals surface area contributed by atoms with E-state index >= 15 is 0 Å². The Morgan fingerprint density at radius 3 is 2.69 bits per heavy atom. The molecular formula is C23H28N4O2. The van der Waals surface area contributed by atoms with E-state index in [1.165, 1.54) is 11.1 Å². The average molecular weight is 393 g/mol. The van der Waals surface area contributed by atoms with E-state index in [9.17, 15) is 0 Å². The molecule has 6 nitrogen and oxygen atoms in total. The molecule has 0 unspecified atom stereocenters. The highest BCUT2D eigenvalue weighted by molar-refractivity contribution is 5.55. The molecule has 0 atom stereocenters. The van der Waals surface area contributed by atoms with Crippen LogP contribution in [0.5, 0.6) is 5.75 Å². The Bertz CT molecular complexity index is 918. The fourth-order valence-corrected chi connectivity index (χ4v) is 3.71.